The molecule has 0 radical (unpaired) electrons. The number of carbonyl (C=O) groups is 1. The summed E-state index contributed by atoms with van der Waals surface area (Å²) in [7, 11) is 0. The average molecular weight is 266 g/mol. The minimum atomic E-state index is -1.33. The monoisotopic (exact) mass is 266 g/mol. The van der Waals surface area contributed by atoms with Gasteiger partial charge in [-0.25, -0.2) is 14.2 Å². The van der Waals surface area contributed by atoms with E-state index in [9.17, 15) is 14.3 Å². The molecule has 1 aromatic heterocycles. The number of hydrogen-bond acceptors (Lipinski definition) is 4. The fraction of sp³-hybridized carbons (Fsp3) is 0.167. The molecule has 2 N–H and O–H groups in total. The Balaban J connectivity index is 2.32. The predicted octanol–water partition coefficient (Wildman–Crippen LogP) is 2.69. The summed E-state index contributed by atoms with van der Waals surface area (Å²) in [4.78, 5) is 15.4. The van der Waals surface area contributed by atoms with Crippen molar-refractivity contribution in [2.24, 2.45) is 0 Å². The zero-order chi connectivity index (χ0) is 13.2. The van der Waals surface area contributed by atoms with Crippen LogP contribution in [0.3, 0.4) is 0 Å². The summed E-state index contributed by atoms with van der Waals surface area (Å²) in [5.41, 5.74) is -0.803. The molecule has 0 saturated heterocycles. The predicted molar refractivity (Wildman–Crippen MR) is 67.1 cm³/mol. The van der Waals surface area contributed by atoms with Crippen LogP contribution in [0.4, 0.5) is 10.1 Å². The molecule has 0 aliphatic heterocycles. The van der Waals surface area contributed by atoms with Crippen molar-refractivity contribution in [1.82, 2.24) is 4.98 Å². The fourth-order valence-electron chi connectivity index (χ4n) is 1.49. The van der Waals surface area contributed by atoms with E-state index in [0.29, 0.717) is 10.7 Å². The minimum absolute atomic E-state index is 0.369. The van der Waals surface area contributed by atoms with Crippen molar-refractivity contribution in [3.63, 3.8) is 0 Å². The van der Waals surface area contributed by atoms with Gasteiger partial charge in [0.15, 0.2) is 5.54 Å². The molecule has 0 bridgehead atoms. The Morgan fingerprint density at radius 3 is 2.61 bits per heavy atom. The molecule has 6 heteroatoms. The Hall–Kier alpha value is -1.95. The van der Waals surface area contributed by atoms with E-state index in [0.717, 1.165) is 0 Å². The van der Waals surface area contributed by atoms with Crippen LogP contribution >= 0.6 is 11.3 Å². The van der Waals surface area contributed by atoms with Crippen LogP contribution in [-0.2, 0) is 10.3 Å². The Kier molecular flexibility index (Phi) is 3.29. The maximum atomic E-state index is 12.8. The Morgan fingerprint density at radius 1 is 1.44 bits per heavy atom. The molecular weight excluding hydrogens is 255 g/mol. The maximum absolute atomic E-state index is 12.8. The lowest BCUT2D eigenvalue weighted by molar-refractivity contribution is -0.142. The number of rotatable bonds is 4. The first-order chi connectivity index (χ1) is 8.52. The summed E-state index contributed by atoms with van der Waals surface area (Å²) >= 11 is 1.25. The number of thiazole rings is 1. The van der Waals surface area contributed by atoms with E-state index in [4.69, 9.17) is 0 Å². The van der Waals surface area contributed by atoms with E-state index >= 15 is 0 Å². The molecule has 2 rings (SSSR count). The summed E-state index contributed by atoms with van der Waals surface area (Å²) in [5.74, 6) is -1.41. The van der Waals surface area contributed by atoms with Crippen molar-refractivity contribution in [3.8, 4) is 0 Å². The van der Waals surface area contributed by atoms with Gasteiger partial charge in [0, 0.05) is 17.3 Å². The van der Waals surface area contributed by atoms with Gasteiger partial charge in [0.2, 0.25) is 0 Å². The van der Waals surface area contributed by atoms with E-state index in [1.54, 1.807) is 11.6 Å². The molecule has 0 fully saturated rings. The lowest BCUT2D eigenvalue weighted by atomic mass is 10.0. The van der Waals surface area contributed by atoms with Gasteiger partial charge in [-0.05, 0) is 31.2 Å². The van der Waals surface area contributed by atoms with Crippen LogP contribution in [0.5, 0.6) is 0 Å². The summed E-state index contributed by atoms with van der Waals surface area (Å²) in [6.45, 7) is 1.53. The summed E-state index contributed by atoms with van der Waals surface area (Å²) < 4.78 is 12.8. The number of carboxylic acid groups (broad SMARTS) is 1. The highest BCUT2D eigenvalue weighted by Gasteiger charge is 2.37. The number of carboxylic acids is 1. The van der Waals surface area contributed by atoms with E-state index < -0.39 is 11.5 Å². The number of nitrogens with one attached hydrogen (secondary N) is 1. The standard InChI is InChI=1S/C12H11FN2O2S/c1-12(11(16)17,10-14-6-7-18-10)15-9-4-2-8(13)3-5-9/h2-7,15H,1H3,(H,16,17). The van der Waals surface area contributed by atoms with E-state index in [-0.39, 0.29) is 5.82 Å². The molecule has 1 heterocycles. The number of nitrogens with zero attached hydrogens (tertiary/aromatic N) is 1. The number of halogens is 1. The van der Waals surface area contributed by atoms with Crippen LogP contribution in [0.15, 0.2) is 35.8 Å². The summed E-state index contributed by atoms with van der Waals surface area (Å²) in [6.07, 6.45) is 1.55. The van der Waals surface area contributed by atoms with Gasteiger partial charge < -0.3 is 10.4 Å². The Labute approximate surface area is 107 Å². The molecule has 1 atom stereocenters. The molecule has 0 aliphatic carbocycles. The number of hydrogen-bond donors (Lipinski definition) is 2. The molecule has 18 heavy (non-hydrogen) atoms. The second kappa shape index (κ2) is 4.73. The van der Waals surface area contributed by atoms with Gasteiger partial charge >= 0.3 is 5.97 Å². The number of aromatic nitrogens is 1. The average Bonchev–Trinajstić information content (AvgIpc) is 2.86. The van der Waals surface area contributed by atoms with E-state index in [2.05, 4.69) is 10.3 Å². The first-order valence-corrected chi connectivity index (χ1v) is 6.07. The number of benzene rings is 1. The molecule has 1 aromatic carbocycles. The third-order valence-electron chi connectivity index (χ3n) is 2.53. The zero-order valence-corrected chi connectivity index (χ0v) is 10.4. The highest BCUT2D eigenvalue weighted by atomic mass is 32.1. The van der Waals surface area contributed by atoms with Crippen LogP contribution < -0.4 is 5.32 Å². The third kappa shape index (κ3) is 2.33. The first kappa shape index (κ1) is 12.5. The summed E-state index contributed by atoms with van der Waals surface area (Å²) in [6, 6.07) is 5.52. The van der Waals surface area contributed by atoms with Gasteiger partial charge in [-0.15, -0.1) is 11.3 Å². The molecule has 4 nitrogen and oxygen atoms in total. The Bertz CT molecular complexity index is 542. The maximum Gasteiger partial charge on any atom is 0.336 e. The lowest BCUT2D eigenvalue weighted by Gasteiger charge is -2.25. The van der Waals surface area contributed by atoms with Crippen molar-refractivity contribution in [2.45, 2.75) is 12.5 Å². The number of anilines is 1. The van der Waals surface area contributed by atoms with Crippen molar-refractivity contribution >= 4 is 23.0 Å². The lowest BCUT2D eigenvalue weighted by Crippen LogP contribution is -2.40. The molecule has 2 aromatic rings. The largest absolute Gasteiger partial charge is 0.479 e. The molecular formula is C12H11FN2O2S. The minimum Gasteiger partial charge on any atom is -0.479 e. The van der Waals surface area contributed by atoms with E-state index in [1.807, 2.05) is 0 Å². The molecule has 94 valence electrons. The topological polar surface area (TPSA) is 62.2 Å². The first-order valence-electron chi connectivity index (χ1n) is 5.19. The number of aliphatic carboxylic acids is 1. The van der Waals surface area contributed by atoms with Gasteiger partial charge in [-0.2, -0.15) is 0 Å². The van der Waals surface area contributed by atoms with Gasteiger partial charge in [-0.3, -0.25) is 0 Å². The third-order valence-corrected chi connectivity index (χ3v) is 3.52. The van der Waals surface area contributed by atoms with Crippen molar-refractivity contribution in [3.05, 3.63) is 46.7 Å². The van der Waals surface area contributed by atoms with Crippen LogP contribution in [0.25, 0.3) is 0 Å². The van der Waals surface area contributed by atoms with E-state index in [1.165, 1.54) is 42.5 Å². The molecule has 1 unspecified atom stereocenters. The van der Waals surface area contributed by atoms with Gasteiger partial charge in [0.25, 0.3) is 0 Å². The molecule has 0 aliphatic rings. The highest BCUT2D eigenvalue weighted by molar-refractivity contribution is 7.09. The normalized spacial score (nSPS) is 13.9. The Morgan fingerprint density at radius 2 is 2.11 bits per heavy atom. The van der Waals surface area contributed by atoms with Crippen LogP contribution in [0.2, 0.25) is 0 Å². The smallest absolute Gasteiger partial charge is 0.336 e. The van der Waals surface area contributed by atoms with Crippen LogP contribution in [0, 0.1) is 5.82 Å². The highest BCUT2D eigenvalue weighted by Crippen LogP contribution is 2.28. The quantitative estimate of drug-likeness (QED) is 0.893. The van der Waals surface area contributed by atoms with Crippen LogP contribution in [-0.4, -0.2) is 16.1 Å². The summed E-state index contributed by atoms with van der Waals surface area (Å²) in [5, 5.41) is 14.4. The van der Waals surface area contributed by atoms with Crippen molar-refractivity contribution in [1.29, 1.82) is 0 Å². The second-order valence-electron chi connectivity index (χ2n) is 3.90. The second-order valence-corrected chi connectivity index (χ2v) is 4.79. The SMILES string of the molecule is CC(Nc1ccc(F)cc1)(C(=O)O)c1nccs1. The van der Waals surface area contributed by atoms with Gasteiger partial charge in [0.05, 0.1) is 0 Å². The molecule has 0 spiro atoms. The van der Waals surface area contributed by atoms with Crippen molar-refractivity contribution < 1.29 is 14.3 Å². The molecule has 0 saturated carbocycles. The van der Waals surface area contributed by atoms with Crippen molar-refractivity contribution in [2.75, 3.05) is 5.32 Å². The van der Waals surface area contributed by atoms with Gasteiger partial charge in [0.1, 0.15) is 10.8 Å². The van der Waals surface area contributed by atoms with Crippen LogP contribution in [0.1, 0.15) is 11.9 Å². The zero-order valence-electron chi connectivity index (χ0n) is 9.55. The molecule has 0 amide bonds. The van der Waals surface area contributed by atoms with Gasteiger partial charge in [-0.1, -0.05) is 0 Å². The fourth-order valence-corrected chi connectivity index (χ4v) is 2.24.